The molecule has 0 saturated carbocycles. The van der Waals surface area contributed by atoms with Gasteiger partial charge in [0.1, 0.15) is 11.5 Å². The van der Waals surface area contributed by atoms with Crippen molar-refractivity contribution in [2.24, 2.45) is 7.05 Å². The van der Waals surface area contributed by atoms with E-state index in [-0.39, 0.29) is 5.56 Å². The molecule has 0 aliphatic heterocycles. The van der Waals surface area contributed by atoms with E-state index in [4.69, 9.17) is 9.47 Å². The normalized spacial score (nSPS) is 10.7. The van der Waals surface area contributed by atoms with Crippen molar-refractivity contribution in [2.75, 3.05) is 7.11 Å². The van der Waals surface area contributed by atoms with E-state index in [9.17, 15) is 14.7 Å². The number of fused-ring (bicyclic) bond motifs is 1. The Balaban J connectivity index is 2.26. The Morgan fingerprint density at radius 3 is 2.24 bits per heavy atom. The van der Waals surface area contributed by atoms with Gasteiger partial charge in [-0.2, -0.15) is 0 Å². The molecule has 6 heteroatoms. The molecule has 1 N–H and O–H groups in total. The SMILES string of the molecule is COc1ccc(-c2c(C(=O)O)c3cc(OC(C)=O)ccc3n2C)cc1. The van der Waals surface area contributed by atoms with E-state index in [0.29, 0.717) is 22.6 Å². The molecule has 0 aliphatic carbocycles. The van der Waals surface area contributed by atoms with Crippen LogP contribution in [0, 0.1) is 0 Å². The number of methoxy groups -OCH3 is 1. The molecule has 0 bridgehead atoms. The topological polar surface area (TPSA) is 77.8 Å². The summed E-state index contributed by atoms with van der Waals surface area (Å²) < 4.78 is 12.1. The molecule has 0 spiro atoms. The van der Waals surface area contributed by atoms with Gasteiger partial charge in [0.15, 0.2) is 0 Å². The fourth-order valence-electron chi connectivity index (χ4n) is 2.96. The minimum Gasteiger partial charge on any atom is -0.497 e. The molecular formula is C19H17NO5. The highest BCUT2D eigenvalue weighted by atomic mass is 16.5. The first-order valence-electron chi connectivity index (χ1n) is 7.61. The third-order valence-electron chi connectivity index (χ3n) is 4.01. The van der Waals surface area contributed by atoms with Crippen LogP contribution in [0.3, 0.4) is 0 Å². The molecule has 0 amide bonds. The smallest absolute Gasteiger partial charge is 0.338 e. The number of benzene rings is 2. The number of carboxylic acid groups (broad SMARTS) is 1. The summed E-state index contributed by atoms with van der Waals surface area (Å²) in [5, 5.41) is 10.3. The maximum Gasteiger partial charge on any atom is 0.338 e. The lowest BCUT2D eigenvalue weighted by molar-refractivity contribution is -0.131. The average Bonchev–Trinajstić information content (AvgIpc) is 2.87. The standard InChI is InChI=1S/C19H17NO5/c1-11(21)25-14-8-9-16-15(10-14)17(19(22)23)18(20(16)2)12-4-6-13(24-3)7-5-12/h4-10H,1-3H3,(H,22,23). The Morgan fingerprint density at radius 1 is 1.04 bits per heavy atom. The van der Waals surface area contributed by atoms with Crippen LogP contribution in [0.4, 0.5) is 0 Å². The summed E-state index contributed by atoms with van der Waals surface area (Å²) in [6.45, 7) is 1.30. The number of hydrogen-bond acceptors (Lipinski definition) is 4. The van der Waals surface area contributed by atoms with Gasteiger partial charge in [-0.05, 0) is 48.0 Å². The molecule has 0 aliphatic rings. The van der Waals surface area contributed by atoms with E-state index < -0.39 is 11.9 Å². The zero-order valence-electron chi connectivity index (χ0n) is 14.1. The highest BCUT2D eigenvalue weighted by Crippen LogP contribution is 2.35. The van der Waals surface area contributed by atoms with Gasteiger partial charge in [0, 0.05) is 24.9 Å². The number of esters is 1. The minimum atomic E-state index is -1.05. The summed E-state index contributed by atoms with van der Waals surface area (Å²) >= 11 is 0. The van der Waals surface area contributed by atoms with Gasteiger partial charge in [-0.25, -0.2) is 4.79 Å². The first kappa shape index (κ1) is 16.6. The number of aryl methyl sites for hydroxylation is 1. The van der Waals surface area contributed by atoms with Crippen molar-refractivity contribution in [2.45, 2.75) is 6.92 Å². The summed E-state index contributed by atoms with van der Waals surface area (Å²) in [7, 11) is 3.38. The zero-order valence-corrected chi connectivity index (χ0v) is 14.1. The molecule has 0 atom stereocenters. The van der Waals surface area contributed by atoms with E-state index in [2.05, 4.69) is 0 Å². The van der Waals surface area contributed by atoms with E-state index in [0.717, 1.165) is 11.1 Å². The number of hydrogen-bond donors (Lipinski definition) is 1. The van der Waals surface area contributed by atoms with Crippen LogP contribution in [0.2, 0.25) is 0 Å². The first-order valence-corrected chi connectivity index (χ1v) is 7.61. The van der Waals surface area contributed by atoms with E-state index in [1.54, 1.807) is 44.5 Å². The van der Waals surface area contributed by atoms with Crippen LogP contribution < -0.4 is 9.47 Å². The van der Waals surface area contributed by atoms with Crippen molar-refractivity contribution < 1.29 is 24.2 Å². The Bertz CT molecular complexity index is 970. The van der Waals surface area contributed by atoms with Crippen molar-refractivity contribution in [3.63, 3.8) is 0 Å². The van der Waals surface area contributed by atoms with Crippen molar-refractivity contribution >= 4 is 22.8 Å². The van der Waals surface area contributed by atoms with Gasteiger partial charge in [0.25, 0.3) is 0 Å². The molecule has 0 saturated heterocycles. The minimum absolute atomic E-state index is 0.164. The second kappa shape index (κ2) is 6.32. The molecule has 6 nitrogen and oxygen atoms in total. The van der Waals surface area contributed by atoms with E-state index in [1.165, 1.54) is 6.92 Å². The zero-order chi connectivity index (χ0) is 18.1. The van der Waals surface area contributed by atoms with Gasteiger partial charge in [-0.3, -0.25) is 4.79 Å². The number of nitrogens with zero attached hydrogens (tertiary/aromatic N) is 1. The monoisotopic (exact) mass is 339 g/mol. The van der Waals surface area contributed by atoms with Gasteiger partial charge < -0.3 is 19.1 Å². The lowest BCUT2D eigenvalue weighted by Crippen LogP contribution is -2.01. The van der Waals surface area contributed by atoms with E-state index >= 15 is 0 Å². The molecule has 1 aromatic heterocycles. The van der Waals surface area contributed by atoms with Crippen LogP contribution in [-0.2, 0) is 11.8 Å². The molecule has 128 valence electrons. The van der Waals surface area contributed by atoms with Gasteiger partial charge in [-0.1, -0.05) is 0 Å². The molecule has 25 heavy (non-hydrogen) atoms. The first-order chi connectivity index (χ1) is 11.9. The number of aromatic nitrogens is 1. The third-order valence-corrected chi connectivity index (χ3v) is 4.01. The third kappa shape index (κ3) is 2.94. The average molecular weight is 339 g/mol. The highest BCUT2D eigenvalue weighted by molar-refractivity contribution is 6.10. The summed E-state index contributed by atoms with van der Waals surface area (Å²) in [4.78, 5) is 23.1. The number of carboxylic acids is 1. The lowest BCUT2D eigenvalue weighted by Gasteiger charge is -2.07. The summed E-state index contributed by atoms with van der Waals surface area (Å²) in [6, 6.07) is 12.2. The van der Waals surface area contributed by atoms with Crippen LogP contribution in [0.1, 0.15) is 17.3 Å². The van der Waals surface area contributed by atoms with Crippen LogP contribution in [0.15, 0.2) is 42.5 Å². The van der Waals surface area contributed by atoms with Crippen molar-refractivity contribution in [1.82, 2.24) is 4.57 Å². The summed E-state index contributed by atoms with van der Waals surface area (Å²) in [5.41, 5.74) is 2.23. The Hall–Kier alpha value is -3.28. The molecular weight excluding hydrogens is 322 g/mol. The molecule has 3 aromatic rings. The molecule has 0 unspecified atom stereocenters. The molecule has 0 fully saturated rings. The van der Waals surface area contributed by atoms with Crippen LogP contribution >= 0.6 is 0 Å². The molecule has 2 aromatic carbocycles. The Morgan fingerprint density at radius 2 is 1.68 bits per heavy atom. The Labute approximate surface area is 144 Å². The lowest BCUT2D eigenvalue weighted by atomic mass is 10.0. The fourth-order valence-corrected chi connectivity index (χ4v) is 2.96. The number of carbonyl (C=O) groups excluding carboxylic acids is 1. The maximum atomic E-state index is 11.9. The highest BCUT2D eigenvalue weighted by Gasteiger charge is 2.22. The van der Waals surface area contributed by atoms with E-state index in [1.807, 2.05) is 16.7 Å². The predicted octanol–water partition coefficient (Wildman–Crippen LogP) is 3.48. The van der Waals surface area contributed by atoms with Gasteiger partial charge >= 0.3 is 11.9 Å². The Kier molecular flexibility index (Phi) is 4.19. The van der Waals surface area contributed by atoms with Gasteiger partial charge in [0.2, 0.25) is 0 Å². The molecule has 0 radical (unpaired) electrons. The number of rotatable bonds is 4. The molecule has 3 rings (SSSR count). The van der Waals surface area contributed by atoms with Crippen LogP contribution in [0.25, 0.3) is 22.2 Å². The van der Waals surface area contributed by atoms with Gasteiger partial charge in [0.05, 0.1) is 18.4 Å². The van der Waals surface area contributed by atoms with Crippen LogP contribution in [-0.4, -0.2) is 28.7 Å². The van der Waals surface area contributed by atoms with Crippen LogP contribution in [0.5, 0.6) is 11.5 Å². The second-order valence-corrected chi connectivity index (χ2v) is 5.59. The summed E-state index contributed by atoms with van der Waals surface area (Å²) in [5.74, 6) is -0.496. The summed E-state index contributed by atoms with van der Waals surface area (Å²) in [6.07, 6.45) is 0. The number of aromatic carboxylic acids is 1. The van der Waals surface area contributed by atoms with Crippen molar-refractivity contribution in [3.05, 3.63) is 48.0 Å². The van der Waals surface area contributed by atoms with Crippen molar-refractivity contribution in [3.8, 4) is 22.8 Å². The number of carbonyl (C=O) groups is 2. The largest absolute Gasteiger partial charge is 0.497 e. The quantitative estimate of drug-likeness (QED) is 0.582. The maximum absolute atomic E-state index is 11.9. The van der Waals surface area contributed by atoms with Crippen molar-refractivity contribution in [1.29, 1.82) is 0 Å². The second-order valence-electron chi connectivity index (χ2n) is 5.59. The molecule has 1 heterocycles. The van der Waals surface area contributed by atoms with Gasteiger partial charge in [-0.15, -0.1) is 0 Å². The fraction of sp³-hybridized carbons (Fsp3) is 0.158. The predicted molar refractivity (Wildman–Crippen MR) is 93.2 cm³/mol. The number of ether oxygens (including phenoxy) is 2.